The predicted molar refractivity (Wildman–Crippen MR) is 89.6 cm³/mol. The zero-order valence-corrected chi connectivity index (χ0v) is 13.4. The number of benzene rings is 1. The summed E-state index contributed by atoms with van der Waals surface area (Å²) >= 11 is 0. The normalized spacial score (nSPS) is 10.6. The van der Waals surface area contributed by atoms with Gasteiger partial charge in [0.2, 0.25) is 0 Å². The van der Waals surface area contributed by atoms with Crippen LogP contribution in [0.25, 0.3) is 10.9 Å². The number of aryl methyl sites for hydroxylation is 1. The van der Waals surface area contributed by atoms with Crippen LogP contribution < -0.4 is 11.5 Å². The van der Waals surface area contributed by atoms with Crippen molar-refractivity contribution in [2.75, 3.05) is 0 Å². The van der Waals surface area contributed by atoms with E-state index in [1.807, 2.05) is 19.1 Å². The van der Waals surface area contributed by atoms with E-state index >= 15 is 0 Å². The summed E-state index contributed by atoms with van der Waals surface area (Å²) in [7, 11) is 0. The first-order valence-electron chi connectivity index (χ1n) is 7.35. The first kappa shape index (κ1) is 16.1. The van der Waals surface area contributed by atoms with Crippen LogP contribution in [-0.4, -0.2) is 26.6 Å². The van der Waals surface area contributed by atoms with Gasteiger partial charge in [0.25, 0.3) is 11.8 Å². The molecule has 0 aliphatic heterocycles. The van der Waals surface area contributed by atoms with E-state index in [1.165, 1.54) is 10.9 Å². The molecule has 0 aliphatic carbocycles. The molecule has 2 aromatic heterocycles. The van der Waals surface area contributed by atoms with E-state index in [0.29, 0.717) is 11.1 Å². The lowest BCUT2D eigenvalue weighted by Crippen LogP contribution is -2.19. The van der Waals surface area contributed by atoms with Gasteiger partial charge in [-0.2, -0.15) is 10.4 Å². The smallest absolute Gasteiger partial charge is 0.270 e. The monoisotopic (exact) mass is 334 g/mol. The second-order valence-corrected chi connectivity index (χ2v) is 5.66. The lowest BCUT2D eigenvalue weighted by atomic mass is 10.0. The average molecular weight is 334 g/mol. The highest BCUT2D eigenvalue weighted by molar-refractivity contribution is 6.04. The van der Waals surface area contributed by atoms with Crippen molar-refractivity contribution in [3.63, 3.8) is 0 Å². The molecule has 25 heavy (non-hydrogen) atoms. The van der Waals surface area contributed by atoms with Gasteiger partial charge >= 0.3 is 0 Å². The first-order valence-corrected chi connectivity index (χ1v) is 7.35. The third-order valence-corrected chi connectivity index (χ3v) is 3.71. The molecule has 8 heteroatoms. The fourth-order valence-corrected chi connectivity index (χ4v) is 2.65. The molecule has 0 atom stereocenters. The summed E-state index contributed by atoms with van der Waals surface area (Å²) in [4.78, 5) is 27.1. The first-order chi connectivity index (χ1) is 11.9. The predicted octanol–water partition coefficient (Wildman–Crippen LogP) is 0.857. The van der Waals surface area contributed by atoms with Gasteiger partial charge in [-0.05, 0) is 36.2 Å². The summed E-state index contributed by atoms with van der Waals surface area (Å²) < 4.78 is 1.39. The summed E-state index contributed by atoms with van der Waals surface area (Å²) in [6, 6.07) is 7.63. The van der Waals surface area contributed by atoms with Crippen LogP contribution in [0.15, 0.2) is 30.6 Å². The molecule has 2 heterocycles. The van der Waals surface area contributed by atoms with Gasteiger partial charge in [-0.25, -0.2) is 0 Å². The molecule has 8 nitrogen and oxygen atoms in total. The highest BCUT2D eigenvalue weighted by atomic mass is 16.2. The molecule has 0 spiro atoms. The maximum atomic E-state index is 11.4. The van der Waals surface area contributed by atoms with Crippen molar-refractivity contribution in [3.8, 4) is 6.07 Å². The van der Waals surface area contributed by atoms with E-state index < -0.39 is 11.8 Å². The highest BCUT2D eigenvalue weighted by Gasteiger charge is 2.18. The Labute approximate surface area is 142 Å². The number of nitrogens with zero attached hydrogens (tertiary/aromatic N) is 4. The van der Waals surface area contributed by atoms with E-state index in [9.17, 15) is 14.9 Å². The molecule has 0 unspecified atom stereocenters. The van der Waals surface area contributed by atoms with Crippen molar-refractivity contribution in [2.45, 2.75) is 13.5 Å². The Morgan fingerprint density at radius 2 is 2.00 bits per heavy atom. The Hall–Kier alpha value is -3.73. The van der Waals surface area contributed by atoms with Gasteiger partial charge in [-0.15, -0.1) is 0 Å². The molecular weight excluding hydrogens is 320 g/mol. The molecule has 3 aromatic rings. The van der Waals surface area contributed by atoms with Crippen molar-refractivity contribution in [1.82, 2.24) is 14.8 Å². The van der Waals surface area contributed by atoms with Crippen molar-refractivity contribution < 1.29 is 9.59 Å². The number of nitrogens with two attached hydrogens (primary N) is 2. The standard InChI is InChI=1S/C17H14N6O2/c1-9-2-11-3-10(4-12(5-18)14(11)21-6-9)7-23-8-13(16(19)24)15(22-23)17(20)25/h2-4,6,8H,7H2,1H3,(H2,19,24)(H2,20,25). The molecule has 0 saturated heterocycles. The molecule has 1 aromatic carbocycles. The molecular formula is C17H14N6O2. The molecule has 124 valence electrons. The van der Waals surface area contributed by atoms with E-state index in [1.54, 1.807) is 12.3 Å². The zero-order chi connectivity index (χ0) is 18.1. The minimum absolute atomic E-state index is 0.0358. The molecule has 2 amide bonds. The van der Waals surface area contributed by atoms with Crippen LogP contribution in [0.2, 0.25) is 0 Å². The summed E-state index contributed by atoms with van der Waals surface area (Å²) in [5.41, 5.74) is 13.1. The zero-order valence-electron chi connectivity index (χ0n) is 13.4. The van der Waals surface area contributed by atoms with Crippen LogP contribution in [0.3, 0.4) is 0 Å². The van der Waals surface area contributed by atoms with Gasteiger partial charge in [0.1, 0.15) is 6.07 Å². The Bertz CT molecular complexity index is 1030. The van der Waals surface area contributed by atoms with Crippen LogP contribution >= 0.6 is 0 Å². The van der Waals surface area contributed by atoms with Gasteiger partial charge in [-0.1, -0.05) is 0 Å². The Kier molecular flexibility index (Phi) is 3.91. The number of nitriles is 1. The summed E-state index contributed by atoms with van der Waals surface area (Å²) in [6.45, 7) is 2.16. The van der Waals surface area contributed by atoms with Gasteiger partial charge in [0.05, 0.1) is 23.2 Å². The van der Waals surface area contributed by atoms with Crippen LogP contribution in [0.5, 0.6) is 0 Å². The molecule has 0 bridgehead atoms. The van der Waals surface area contributed by atoms with E-state index in [-0.39, 0.29) is 17.8 Å². The topological polar surface area (TPSA) is 141 Å². The number of primary amides is 2. The summed E-state index contributed by atoms with van der Waals surface area (Å²) in [5, 5.41) is 14.2. The molecule has 0 radical (unpaired) electrons. The fraction of sp³-hybridized carbons (Fsp3) is 0.118. The van der Waals surface area contributed by atoms with Gasteiger partial charge in [0, 0.05) is 17.8 Å². The van der Waals surface area contributed by atoms with Gasteiger partial charge < -0.3 is 11.5 Å². The second kappa shape index (κ2) is 6.05. The maximum absolute atomic E-state index is 11.4. The quantitative estimate of drug-likeness (QED) is 0.728. The van der Waals surface area contributed by atoms with Crippen molar-refractivity contribution in [3.05, 3.63) is 58.5 Å². The van der Waals surface area contributed by atoms with Crippen LogP contribution in [0, 0.1) is 18.3 Å². The largest absolute Gasteiger partial charge is 0.365 e. The number of hydrogen-bond donors (Lipinski definition) is 2. The number of hydrogen-bond acceptors (Lipinski definition) is 5. The van der Waals surface area contributed by atoms with Crippen LogP contribution in [0.1, 0.15) is 37.5 Å². The maximum Gasteiger partial charge on any atom is 0.270 e. The van der Waals surface area contributed by atoms with Crippen molar-refractivity contribution in [1.29, 1.82) is 5.26 Å². The fourth-order valence-electron chi connectivity index (χ4n) is 2.65. The lowest BCUT2D eigenvalue weighted by Gasteiger charge is -2.06. The number of carbonyl (C=O) groups excluding carboxylic acids is 2. The third kappa shape index (κ3) is 3.03. The van der Waals surface area contributed by atoms with Crippen LogP contribution in [0.4, 0.5) is 0 Å². The molecule has 0 aliphatic rings. The van der Waals surface area contributed by atoms with E-state index in [4.69, 9.17) is 11.5 Å². The highest BCUT2D eigenvalue weighted by Crippen LogP contribution is 2.21. The SMILES string of the molecule is Cc1cnc2c(C#N)cc(Cn3cc(C(N)=O)c(C(N)=O)n3)cc2c1. The number of fused-ring (bicyclic) bond motifs is 1. The average Bonchev–Trinajstić information content (AvgIpc) is 2.98. The van der Waals surface area contributed by atoms with E-state index in [0.717, 1.165) is 16.5 Å². The molecule has 0 saturated carbocycles. The second-order valence-electron chi connectivity index (χ2n) is 5.66. The summed E-state index contributed by atoms with van der Waals surface area (Å²) in [6.07, 6.45) is 3.07. The number of amides is 2. The number of aromatic nitrogens is 3. The van der Waals surface area contributed by atoms with Gasteiger partial charge in [-0.3, -0.25) is 19.3 Å². The van der Waals surface area contributed by atoms with Gasteiger partial charge in [0.15, 0.2) is 5.69 Å². The number of pyridine rings is 1. The Balaban J connectivity index is 2.06. The van der Waals surface area contributed by atoms with Crippen LogP contribution in [-0.2, 0) is 6.54 Å². The number of carbonyl (C=O) groups is 2. The molecule has 0 fully saturated rings. The lowest BCUT2D eigenvalue weighted by molar-refractivity contribution is 0.0965. The van der Waals surface area contributed by atoms with Crippen molar-refractivity contribution in [2.24, 2.45) is 11.5 Å². The summed E-state index contributed by atoms with van der Waals surface area (Å²) in [5.74, 6) is -1.61. The third-order valence-electron chi connectivity index (χ3n) is 3.71. The Morgan fingerprint density at radius 3 is 2.60 bits per heavy atom. The van der Waals surface area contributed by atoms with E-state index in [2.05, 4.69) is 16.2 Å². The minimum Gasteiger partial charge on any atom is -0.365 e. The molecule has 4 N–H and O–H groups in total. The van der Waals surface area contributed by atoms with Crippen molar-refractivity contribution >= 4 is 22.7 Å². The number of rotatable bonds is 4. The Morgan fingerprint density at radius 1 is 1.24 bits per heavy atom. The molecule has 3 rings (SSSR count). The minimum atomic E-state index is -0.830.